The topological polar surface area (TPSA) is 79.8 Å². The van der Waals surface area contributed by atoms with E-state index in [4.69, 9.17) is 0 Å². The standard InChI is InChI=1S/C18H15N5O/c1-2-19-18(24)23-16-11-10-15-17(22-16)21-14(12-20-15)9-8-13-6-4-3-5-7-13/h3-7,10-12H,2H2,1H3,(H2,19,21,22,23,24). The first kappa shape index (κ1) is 15.4. The molecule has 0 aliphatic heterocycles. The van der Waals surface area contributed by atoms with Crippen molar-refractivity contribution in [3.63, 3.8) is 0 Å². The number of hydrogen-bond acceptors (Lipinski definition) is 4. The second kappa shape index (κ2) is 7.20. The highest BCUT2D eigenvalue weighted by atomic mass is 16.2. The number of hydrogen-bond donors (Lipinski definition) is 2. The van der Waals surface area contributed by atoms with E-state index in [9.17, 15) is 4.79 Å². The van der Waals surface area contributed by atoms with Crippen LogP contribution in [0.1, 0.15) is 18.2 Å². The number of carbonyl (C=O) groups excluding carboxylic acids is 1. The number of nitrogens with zero attached hydrogens (tertiary/aromatic N) is 3. The van der Waals surface area contributed by atoms with Crippen molar-refractivity contribution in [3.05, 3.63) is 59.9 Å². The Hall–Kier alpha value is -3.46. The number of anilines is 1. The molecule has 2 aromatic heterocycles. The molecule has 3 aromatic rings. The first-order valence-corrected chi connectivity index (χ1v) is 7.50. The zero-order valence-electron chi connectivity index (χ0n) is 13.1. The molecule has 118 valence electrons. The predicted molar refractivity (Wildman–Crippen MR) is 92.5 cm³/mol. The second-order valence-electron chi connectivity index (χ2n) is 4.89. The van der Waals surface area contributed by atoms with Gasteiger partial charge in [-0.25, -0.2) is 19.7 Å². The maximum atomic E-state index is 11.6. The van der Waals surface area contributed by atoms with E-state index >= 15 is 0 Å². The smallest absolute Gasteiger partial charge is 0.320 e. The van der Waals surface area contributed by atoms with E-state index in [1.165, 1.54) is 0 Å². The van der Waals surface area contributed by atoms with Crippen LogP contribution in [0, 0.1) is 11.8 Å². The molecule has 0 radical (unpaired) electrons. The molecule has 2 N–H and O–H groups in total. The van der Waals surface area contributed by atoms with Crippen LogP contribution < -0.4 is 10.6 Å². The monoisotopic (exact) mass is 317 g/mol. The van der Waals surface area contributed by atoms with Crippen molar-refractivity contribution in [1.29, 1.82) is 0 Å². The van der Waals surface area contributed by atoms with Gasteiger partial charge in [-0.15, -0.1) is 0 Å². The summed E-state index contributed by atoms with van der Waals surface area (Å²) in [7, 11) is 0. The molecule has 0 saturated heterocycles. The van der Waals surface area contributed by atoms with Gasteiger partial charge in [0.15, 0.2) is 5.65 Å². The molecule has 0 aliphatic rings. The molecule has 0 saturated carbocycles. The van der Waals surface area contributed by atoms with Crippen LogP contribution in [0.4, 0.5) is 10.6 Å². The van der Waals surface area contributed by atoms with Gasteiger partial charge in [0.1, 0.15) is 17.0 Å². The third-order valence-corrected chi connectivity index (χ3v) is 3.09. The lowest BCUT2D eigenvalue weighted by molar-refractivity contribution is 0.252. The molecule has 0 atom stereocenters. The summed E-state index contributed by atoms with van der Waals surface area (Å²) >= 11 is 0. The van der Waals surface area contributed by atoms with Crippen molar-refractivity contribution in [2.75, 3.05) is 11.9 Å². The van der Waals surface area contributed by atoms with Crippen LogP contribution >= 0.6 is 0 Å². The summed E-state index contributed by atoms with van der Waals surface area (Å²) in [5.41, 5.74) is 2.50. The van der Waals surface area contributed by atoms with Crippen LogP contribution in [-0.2, 0) is 0 Å². The molecule has 6 nitrogen and oxygen atoms in total. The Morgan fingerprint density at radius 1 is 1.08 bits per heavy atom. The largest absolute Gasteiger partial charge is 0.338 e. The zero-order valence-corrected chi connectivity index (χ0v) is 13.1. The van der Waals surface area contributed by atoms with E-state index in [1.54, 1.807) is 18.3 Å². The van der Waals surface area contributed by atoms with Crippen molar-refractivity contribution in [3.8, 4) is 11.8 Å². The minimum atomic E-state index is -0.308. The van der Waals surface area contributed by atoms with Gasteiger partial charge in [-0.2, -0.15) is 0 Å². The fraction of sp³-hybridized carbons (Fsp3) is 0.111. The number of amides is 2. The average molecular weight is 317 g/mol. The molecule has 2 amide bonds. The SMILES string of the molecule is CCNC(=O)Nc1ccc2ncc(C#Cc3ccccc3)nc2n1. The van der Waals surface area contributed by atoms with Gasteiger partial charge in [0, 0.05) is 12.1 Å². The van der Waals surface area contributed by atoms with Crippen LogP contribution in [-0.4, -0.2) is 27.5 Å². The average Bonchev–Trinajstić information content (AvgIpc) is 2.60. The normalized spacial score (nSPS) is 9.88. The second-order valence-corrected chi connectivity index (χ2v) is 4.89. The predicted octanol–water partition coefficient (Wildman–Crippen LogP) is 2.57. The van der Waals surface area contributed by atoms with E-state index in [0.717, 1.165) is 5.56 Å². The summed E-state index contributed by atoms with van der Waals surface area (Å²) in [6.07, 6.45) is 1.61. The minimum absolute atomic E-state index is 0.308. The molecule has 3 rings (SSSR count). The number of aromatic nitrogens is 3. The molecule has 6 heteroatoms. The van der Waals surface area contributed by atoms with Gasteiger partial charge < -0.3 is 5.32 Å². The number of pyridine rings is 1. The summed E-state index contributed by atoms with van der Waals surface area (Å²) < 4.78 is 0. The van der Waals surface area contributed by atoms with Crippen LogP contribution in [0.15, 0.2) is 48.7 Å². The third kappa shape index (κ3) is 3.84. The molecule has 0 bridgehead atoms. The Bertz CT molecular complexity index is 928. The number of fused-ring (bicyclic) bond motifs is 1. The number of carbonyl (C=O) groups is 1. The highest BCUT2D eigenvalue weighted by Gasteiger charge is 2.04. The highest BCUT2D eigenvalue weighted by Crippen LogP contribution is 2.11. The van der Waals surface area contributed by atoms with E-state index in [2.05, 4.69) is 37.4 Å². The Morgan fingerprint density at radius 2 is 1.92 bits per heavy atom. The molecule has 2 heterocycles. The van der Waals surface area contributed by atoms with Crippen LogP contribution in [0.5, 0.6) is 0 Å². The lowest BCUT2D eigenvalue weighted by Crippen LogP contribution is -2.28. The van der Waals surface area contributed by atoms with Crippen molar-refractivity contribution in [2.45, 2.75) is 6.92 Å². The number of rotatable bonds is 2. The van der Waals surface area contributed by atoms with Gasteiger partial charge in [-0.05, 0) is 37.1 Å². The van der Waals surface area contributed by atoms with Crippen molar-refractivity contribution in [1.82, 2.24) is 20.3 Å². The summed E-state index contributed by atoms with van der Waals surface area (Å²) in [5.74, 6) is 6.41. The van der Waals surface area contributed by atoms with E-state index in [0.29, 0.717) is 29.2 Å². The molecule has 24 heavy (non-hydrogen) atoms. The molecule has 0 aliphatic carbocycles. The highest BCUT2D eigenvalue weighted by molar-refractivity contribution is 5.89. The summed E-state index contributed by atoms with van der Waals surface area (Å²) in [6, 6.07) is 12.8. The van der Waals surface area contributed by atoms with Crippen molar-refractivity contribution in [2.24, 2.45) is 0 Å². The van der Waals surface area contributed by atoms with E-state index in [-0.39, 0.29) is 6.03 Å². The Morgan fingerprint density at radius 3 is 2.71 bits per heavy atom. The van der Waals surface area contributed by atoms with Gasteiger partial charge in [0.05, 0.1) is 6.20 Å². The third-order valence-electron chi connectivity index (χ3n) is 3.09. The maximum Gasteiger partial charge on any atom is 0.320 e. The van der Waals surface area contributed by atoms with Gasteiger partial charge >= 0.3 is 6.03 Å². The number of urea groups is 1. The van der Waals surface area contributed by atoms with E-state index < -0.39 is 0 Å². The molecular weight excluding hydrogens is 302 g/mol. The van der Waals surface area contributed by atoms with Crippen LogP contribution in [0.3, 0.4) is 0 Å². The fourth-order valence-electron chi connectivity index (χ4n) is 2.01. The van der Waals surface area contributed by atoms with Gasteiger partial charge in [0.25, 0.3) is 0 Å². The molecule has 0 spiro atoms. The Kier molecular flexibility index (Phi) is 4.63. The molecule has 1 aromatic carbocycles. The van der Waals surface area contributed by atoms with Gasteiger partial charge in [-0.1, -0.05) is 24.1 Å². The van der Waals surface area contributed by atoms with Crippen LogP contribution in [0.2, 0.25) is 0 Å². The van der Waals surface area contributed by atoms with Gasteiger partial charge in [0.2, 0.25) is 0 Å². The number of benzene rings is 1. The summed E-state index contributed by atoms with van der Waals surface area (Å²) in [6.45, 7) is 2.38. The molecule has 0 fully saturated rings. The Labute approximate surface area is 139 Å². The molecule has 0 unspecified atom stereocenters. The van der Waals surface area contributed by atoms with Crippen molar-refractivity contribution < 1.29 is 4.79 Å². The van der Waals surface area contributed by atoms with E-state index in [1.807, 2.05) is 37.3 Å². The van der Waals surface area contributed by atoms with Gasteiger partial charge in [-0.3, -0.25) is 5.32 Å². The van der Waals surface area contributed by atoms with Crippen molar-refractivity contribution >= 4 is 23.0 Å². The lowest BCUT2D eigenvalue weighted by atomic mass is 10.2. The molecular formula is C18H15N5O. The van der Waals surface area contributed by atoms with Crippen LogP contribution in [0.25, 0.3) is 11.2 Å². The fourth-order valence-corrected chi connectivity index (χ4v) is 2.01. The number of nitrogens with one attached hydrogen (secondary N) is 2. The Balaban J connectivity index is 1.86. The summed E-state index contributed by atoms with van der Waals surface area (Å²) in [5, 5.41) is 5.29. The summed E-state index contributed by atoms with van der Waals surface area (Å²) in [4.78, 5) is 24.5. The lowest BCUT2D eigenvalue weighted by Gasteiger charge is -2.05. The minimum Gasteiger partial charge on any atom is -0.338 e. The first-order valence-electron chi connectivity index (χ1n) is 7.50. The quantitative estimate of drug-likeness (QED) is 0.712. The maximum absolute atomic E-state index is 11.6. The zero-order chi connectivity index (χ0) is 16.8. The first-order chi connectivity index (χ1) is 11.7.